The quantitative estimate of drug-likeness (QED) is 0.667. The van der Waals surface area contributed by atoms with Crippen LogP contribution in [0.3, 0.4) is 0 Å². The fourth-order valence-electron chi connectivity index (χ4n) is 4.54. The van der Waals surface area contributed by atoms with E-state index < -0.39 is 21.7 Å². The minimum atomic E-state index is -4.20. The largest absolute Gasteiger partial charge is 0.370 e. The zero-order valence-corrected chi connectivity index (χ0v) is 18.3. The second-order valence-electron chi connectivity index (χ2n) is 8.37. The summed E-state index contributed by atoms with van der Waals surface area (Å²) >= 11 is 0. The van der Waals surface area contributed by atoms with E-state index in [0.29, 0.717) is 16.8 Å². The first kappa shape index (κ1) is 20.6. The predicted octanol–water partition coefficient (Wildman–Crippen LogP) is 3.54. The number of aliphatic hydroxyl groups is 1. The lowest BCUT2D eigenvalue weighted by atomic mass is 9.75. The molecule has 0 saturated carbocycles. The van der Waals surface area contributed by atoms with Crippen LogP contribution in [0.5, 0.6) is 0 Å². The highest BCUT2D eigenvalue weighted by atomic mass is 32.2. The Morgan fingerprint density at radius 1 is 0.938 bits per heavy atom. The molecule has 32 heavy (non-hydrogen) atoms. The molecule has 2 aliphatic rings. The second kappa shape index (κ2) is 7.39. The molecule has 6 nitrogen and oxygen atoms in total. The van der Waals surface area contributed by atoms with Gasteiger partial charge in [0.05, 0.1) is 16.0 Å². The van der Waals surface area contributed by atoms with Gasteiger partial charge in [-0.3, -0.25) is 4.79 Å². The number of aliphatic hydroxyl groups excluding tert-OH is 1. The molecule has 0 saturated heterocycles. The van der Waals surface area contributed by atoms with Gasteiger partial charge in [-0.15, -0.1) is 0 Å². The van der Waals surface area contributed by atoms with Gasteiger partial charge < -0.3 is 5.11 Å². The molecule has 0 bridgehead atoms. The Bertz CT molecular complexity index is 1330. The highest BCUT2D eigenvalue weighted by Crippen LogP contribution is 2.47. The van der Waals surface area contributed by atoms with E-state index in [0.717, 1.165) is 15.5 Å². The van der Waals surface area contributed by atoms with Crippen molar-refractivity contribution in [3.63, 3.8) is 0 Å². The number of hydrogen-bond donors (Lipinski definition) is 1. The van der Waals surface area contributed by atoms with E-state index in [1.54, 1.807) is 24.3 Å². The summed E-state index contributed by atoms with van der Waals surface area (Å²) in [7, 11) is -4.20. The van der Waals surface area contributed by atoms with E-state index in [4.69, 9.17) is 0 Å². The first-order valence-electron chi connectivity index (χ1n) is 10.4. The molecule has 162 valence electrons. The lowest BCUT2D eigenvalue weighted by molar-refractivity contribution is -0.0380. The summed E-state index contributed by atoms with van der Waals surface area (Å²) < 4.78 is 27.8. The van der Waals surface area contributed by atoms with E-state index >= 15 is 0 Å². The van der Waals surface area contributed by atoms with Crippen LogP contribution in [-0.4, -0.2) is 35.7 Å². The SMILES string of the molecule is Cc1ccc(S(=O)(=O)N2N=C(c3ccccc3)C[C@]3(Cc4ccccc4C3=O)C2O)cc1. The van der Waals surface area contributed by atoms with Crippen molar-refractivity contribution in [2.45, 2.75) is 30.9 Å². The minimum absolute atomic E-state index is 0.0123. The van der Waals surface area contributed by atoms with Crippen LogP contribution in [0.4, 0.5) is 0 Å². The third kappa shape index (κ3) is 3.08. The van der Waals surface area contributed by atoms with Crippen molar-refractivity contribution in [3.05, 3.63) is 101 Å². The fourth-order valence-corrected chi connectivity index (χ4v) is 5.91. The fraction of sp³-hybridized carbons (Fsp3) is 0.200. The molecule has 1 aliphatic carbocycles. The number of benzene rings is 3. The standard InChI is InChI=1S/C25H22N2O4S/c1-17-11-13-20(14-12-17)32(30,31)27-24(29)25(15-19-9-5-6-10-21(19)23(25)28)16-22(26-27)18-7-3-2-4-8-18/h2-14,24,29H,15-16H2,1H3/t24?,25-/m0/s1. The summed E-state index contributed by atoms with van der Waals surface area (Å²) in [6.45, 7) is 1.86. The van der Waals surface area contributed by atoms with Gasteiger partial charge in [-0.25, -0.2) is 0 Å². The summed E-state index contributed by atoms with van der Waals surface area (Å²) in [4.78, 5) is 13.6. The topological polar surface area (TPSA) is 87.0 Å². The third-order valence-corrected chi connectivity index (χ3v) is 7.94. The number of hydrogen-bond acceptors (Lipinski definition) is 5. The molecule has 0 fully saturated rings. The molecule has 5 rings (SSSR count). The van der Waals surface area contributed by atoms with Gasteiger partial charge in [0.15, 0.2) is 12.0 Å². The van der Waals surface area contributed by atoms with Crippen molar-refractivity contribution in [3.8, 4) is 0 Å². The average Bonchev–Trinajstić information content (AvgIpc) is 3.08. The van der Waals surface area contributed by atoms with Crippen LogP contribution < -0.4 is 0 Å². The van der Waals surface area contributed by atoms with Crippen LogP contribution in [0.15, 0.2) is 88.9 Å². The zero-order valence-electron chi connectivity index (χ0n) is 17.5. The smallest absolute Gasteiger partial charge is 0.281 e. The molecular formula is C25H22N2O4S. The number of nitrogens with zero attached hydrogens (tertiary/aromatic N) is 2. The van der Waals surface area contributed by atoms with E-state index in [2.05, 4.69) is 5.10 Å². The second-order valence-corrected chi connectivity index (χ2v) is 10.2. The minimum Gasteiger partial charge on any atom is -0.370 e. The van der Waals surface area contributed by atoms with Crippen LogP contribution in [0.2, 0.25) is 0 Å². The monoisotopic (exact) mass is 446 g/mol. The predicted molar refractivity (Wildman–Crippen MR) is 121 cm³/mol. The first-order valence-corrected chi connectivity index (χ1v) is 11.8. The number of fused-ring (bicyclic) bond motifs is 1. The Morgan fingerprint density at radius 2 is 1.59 bits per heavy atom. The third-order valence-electron chi connectivity index (χ3n) is 6.30. The zero-order chi connectivity index (χ0) is 22.5. The number of sulfonamides is 1. The molecule has 7 heteroatoms. The van der Waals surface area contributed by atoms with Gasteiger partial charge in [0.1, 0.15) is 0 Å². The molecule has 1 aliphatic heterocycles. The lowest BCUT2D eigenvalue weighted by Crippen LogP contribution is -2.55. The molecule has 0 radical (unpaired) electrons. The molecule has 1 heterocycles. The molecule has 0 amide bonds. The molecule has 1 unspecified atom stereocenters. The number of carbonyl (C=O) groups excluding carboxylic acids is 1. The molecule has 0 aromatic heterocycles. The summed E-state index contributed by atoms with van der Waals surface area (Å²) in [5.74, 6) is -0.256. The van der Waals surface area contributed by atoms with Gasteiger partial charge in [0.2, 0.25) is 0 Å². The molecule has 3 aromatic rings. The number of aryl methyl sites for hydroxylation is 1. The van der Waals surface area contributed by atoms with Crippen LogP contribution >= 0.6 is 0 Å². The normalized spacial score (nSPS) is 22.7. The highest BCUT2D eigenvalue weighted by molar-refractivity contribution is 7.89. The van der Waals surface area contributed by atoms with E-state index in [9.17, 15) is 18.3 Å². The number of Topliss-reactive ketones (excluding diaryl/α,β-unsaturated/α-hetero) is 1. The van der Waals surface area contributed by atoms with Crippen molar-refractivity contribution in [2.24, 2.45) is 10.5 Å². The summed E-state index contributed by atoms with van der Waals surface area (Å²) in [5.41, 5.74) is 2.06. The maximum atomic E-state index is 13.6. The van der Waals surface area contributed by atoms with Crippen LogP contribution in [0, 0.1) is 12.3 Å². The van der Waals surface area contributed by atoms with Gasteiger partial charge >= 0.3 is 0 Å². The van der Waals surface area contributed by atoms with Crippen molar-refractivity contribution in [1.29, 1.82) is 0 Å². The molecule has 3 aromatic carbocycles. The van der Waals surface area contributed by atoms with E-state index in [1.807, 2.05) is 49.4 Å². The Balaban J connectivity index is 1.68. The van der Waals surface area contributed by atoms with Crippen molar-refractivity contribution in [1.82, 2.24) is 4.41 Å². The maximum absolute atomic E-state index is 13.6. The van der Waals surface area contributed by atoms with Crippen molar-refractivity contribution >= 4 is 21.5 Å². The highest BCUT2D eigenvalue weighted by Gasteiger charge is 2.57. The molecule has 2 atom stereocenters. The van der Waals surface area contributed by atoms with Gasteiger partial charge in [0.25, 0.3) is 10.0 Å². The van der Waals surface area contributed by atoms with Crippen LogP contribution in [0.1, 0.15) is 33.5 Å². The average molecular weight is 447 g/mol. The molecule has 1 N–H and O–H groups in total. The van der Waals surface area contributed by atoms with Crippen LogP contribution in [-0.2, 0) is 16.4 Å². The van der Waals surface area contributed by atoms with Gasteiger partial charge in [0, 0.05) is 12.0 Å². The lowest BCUT2D eigenvalue weighted by Gasteiger charge is -2.41. The summed E-state index contributed by atoms with van der Waals surface area (Å²) in [6, 6.07) is 22.7. The van der Waals surface area contributed by atoms with Crippen LogP contribution in [0.25, 0.3) is 0 Å². The number of ketones is 1. The molecule has 1 spiro atoms. The van der Waals surface area contributed by atoms with Crippen molar-refractivity contribution in [2.75, 3.05) is 0 Å². The Labute approximate surface area is 186 Å². The number of carbonyl (C=O) groups is 1. The summed E-state index contributed by atoms with van der Waals surface area (Å²) in [5, 5.41) is 15.8. The van der Waals surface area contributed by atoms with Gasteiger partial charge in [-0.2, -0.15) is 17.9 Å². The number of hydrazone groups is 1. The first-order chi connectivity index (χ1) is 15.3. The summed E-state index contributed by atoms with van der Waals surface area (Å²) in [6.07, 6.45) is -1.23. The van der Waals surface area contributed by atoms with E-state index in [-0.39, 0.29) is 23.5 Å². The van der Waals surface area contributed by atoms with E-state index in [1.165, 1.54) is 12.1 Å². The number of rotatable bonds is 3. The Kier molecular flexibility index (Phi) is 4.76. The van der Waals surface area contributed by atoms with Crippen molar-refractivity contribution < 1.29 is 18.3 Å². The van der Waals surface area contributed by atoms with Gasteiger partial charge in [-0.05, 0) is 36.6 Å². The Hall–Kier alpha value is -3.29. The maximum Gasteiger partial charge on any atom is 0.281 e. The Morgan fingerprint density at radius 3 is 2.28 bits per heavy atom. The molecular weight excluding hydrogens is 424 g/mol. The van der Waals surface area contributed by atoms with Gasteiger partial charge in [-0.1, -0.05) is 72.3 Å².